The second kappa shape index (κ2) is 3.84. The van der Waals surface area contributed by atoms with Crippen LogP contribution in [0.4, 0.5) is 0 Å². The lowest BCUT2D eigenvalue weighted by atomic mass is 9.72. The molecular formula is C13H15N. The maximum atomic E-state index is 5.68. The lowest BCUT2D eigenvalue weighted by Gasteiger charge is -2.31. The number of hydrogen-bond donors (Lipinski definition) is 0. The number of nitrogens with zero attached hydrogens (tertiary/aromatic N) is 1. The number of hydrogen-bond acceptors (Lipinski definition) is 1. The second-order valence-corrected chi connectivity index (χ2v) is 4.00. The Morgan fingerprint density at radius 3 is 2.57 bits per heavy atom. The van der Waals surface area contributed by atoms with Crippen molar-refractivity contribution in [3.63, 3.8) is 0 Å². The van der Waals surface area contributed by atoms with Gasteiger partial charge in [0.05, 0.1) is 11.1 Å². The van der Waals surface area contributed by atoms with Gasteiger partial charge in [-0.2, -0.15) is 0 Å². The van der Waals surface area contributed by atoms with Crippen LogP contribution in [0.2, 0.25) is 0 Å². The highest BCUT2D eigenvalue weighted by Gasteiger charge is 2.32. The van der Waals surface area contributed by atoms with Crippen LogP contribution in [0.25, 0.3) is 0 Å². The third-order valence-corrected chi connectivity index (χ3v) is 3.14. The molecule has 0 aliphatic heterocycles. The summed E-state index contributed by atoms with van der Waals surface area (Å²) in [4.78, 5) is 4.40. The molecule has 2 rings (SSSR count). The molecule has 1 heteroatoms. The van der Waals surface area contributed by atoms with E-state index in [1.54, 1.807) is 0 Å². The van der Waals surface area contributed by atoms with Crippen LogP contribution in [0.5, 0.6) is 0 Å². The van der Waals surface area contributed by atoms with Gasteiger partial charge in [-0.3, -0.25) is 4.98 Å². The van der Waals surface area contributed by atoms with Gasteiger partial charge < -0.3 is 0 Å². The van der Waals surface area contributed by atoms with E-state index in [1.165, 1.54) is 19.3 Å². The number of terminal acetylenes is 1. The third-order valence-electron chi connectivity index (χ3n) is 3.14. The van der Waals surface area contributed by atoms with Crippen molar-refractivity contribution in [2.24, 2.45) is 0 Å². The second-order valence-electron chi connectivity index (χ2n) is 4.00. The van der Waals surface area contributed by atoms with Gasteiger partial charge in [0.1, 0.15) is 0 Å². The van der Waals surface area contributed by atoms with Gasteiger partial charge in [0.15, 0.2) is 0 Å². The fraction of sp³-hybridized carbons (Fsp3) is 0.462. The van der Waals surface area contributed by atoms with Crippen LogP contribution in [-0.4, -0.2) is 4.98 Å². The molecule has 0 aromatic carbocycles. The summed E-state index contributed by atoms with van der Waals surface area (Å²) < 4.78 is 0. The fourth-order valence-electron chi connectivity index (χ4n) is 2.28. The Labute approximate surface area is 85.6 Å². The van der Waals surface area contributed by atoms with Gasteiger partial charge >= 0.3 is 0 Å². The summed E-state index contributed by atoms with van der Waals surface area (Å²) >= 11 is 0. The molecular weight excluding hydrogens is 170 g/mol. The Bertz CT molecular complexity index is 328. The van der Waals surface area contributed by atoms with Gasteiger partial charge in [0, 0.05) is 6.20 Å². The van der Waals surface area contributed by atoms with Crippen molar-refractivity contribution < 1.29 is 0 Å². The average molecular weight is 185 g/mol. The van der Waals surface area contributed by atoms with Gasteiger partial charge in [-0.25, -0.2) is 0 Å². The smallest absolute Gasteiger partial charge is 0.0731 e. The predicted molar refractivity (Wildman–Crippen MR) is 57.8 cm³/mol. The van der Waals surface area contributed by atoms with E-state index in [1.807, 2.05) is 18.3 Å². The molecule has 0 saturated heterocycles. The molecule has 1 aromatic rings. The number of pyridine rings is 1. The van der Waals surface area contributed by atoms with E-state index in [9.17, 15) is 0 Å². The molecule has 1 saturated carbocycles. The fourth-order valence-corrected chi connectivity index (χ4v) is 2.28. The molecule has 0 atom stereocenters. The van der Waals surface area contributed by atoms with Gasteiger partial charge in [-0.05, 0) is 25.0 Å². The summed E-state index contributed by atoms with van der Waals surface area (Å²) in [6.45, 7) is 0. The first-order valence-electron chi connectivity index (χ1n) is 5.27. The van der Waals surface area contributed by atoms with Gasteiger partial charge in [0.25, 0.3) is 0 Å². The van der Waals surface area contributed by atoms with Crippen LogP contribution < -0.4 is 0 Å². The topological polar surface area (TPSA) is 12.9 Å². The van der Waals surface area contributed by atoms with E-state index >= 15 is 0 Å². The zero-order valence-electron chi connectivity index (χ0n) is 8.37. The monoisotopic (exact) mass is 185 g/mol. The van der Waals surface area contributed by atoms with Crippen LogP contribution in [0, 0.1) is 12.3 Å². The maximum Gasteiger partial charge on any atom is 0.0731 e. The molecule has 1 aromatic heterocycles. The maximum absolute atomic E-state index is 5.68. The van der Waals surface area contributed by atoms with E-state index in [0.29, 0.717) is 0 Å². The molecule has 14 heavy (non-hydrogen) atoms. The molecule has 72 valence electrons. The van der Waals surface area contributed by atoms with Crippen LogP contribution in [0.1, 0.15) is 37.8 Å². The van der Waals surface area contributed by atoms with Crippen LogP contribution >= 0.6 is 0 Å². The lowest BCUT2D eigenvalue weighted by Crippen LogP contribution is -2.28. The van der Waals surface area contributed by atoms with Crippen LogP contribution in [-0.2, 0) is 5.41 Å². The Morgan fingerprint density at radius 2 is 2.00 bits per heavy atom. The third kappa shape index (κ3) is 1.53. The summed E-state index contributed by atoms with van der Waals surface area (Å²) in [5, 5.41) is 0. The first-order valence-corrected chi connectivity index (χ1v) is 5.27. The molecule has 1 aliphatic carbocycles. The minimum Gasteiger partial charge on any atom is -0.260 e. The van der Waals surface area contributed by atoms with E-state index in [2.05, 4.69) is 17.0 Å². The molecule has 0 N–H and O–H groups in total. The van der Waals surface area contributed by atoms with Crippen molar-refractivity contribution in [1.29, 1.82) is 0 Å². The molecule has 0 amide bonds. The Morgan fingerprint density at radius 1 is 1.21 bits per heavy atom. The van der Waals surface area contributed by atoms with Crippen molar-refractivity contribution >= 4 is 0 Å². The minimum atomic E-state index is -0.0699. The van der Waals surface area contributed by atoms with Crippen molar-refractivity contribution in [2.45, 2.75) is 37.5 Å². The SMILES string of the molecule is C#CC1(c2ccccn2)CCCCC1. The summed E-state index contributed by atoms with van der Waals surface area (Å²) in [5.74, 6) is 2.97. The molecule has 0 spiro atoms. The van der Waals surface area contributed by atoms with E-state index in [0.717, 1.165) is 18.5 Å². The number of aromatic nitrogens is 1. The van der Waals surface area contributed by atoms with E-state index < -0.39 is 0 Å². The minimum absolute atomic E-state index is 0.0699. The Kier molecular flexibility index (Phi) is 2.54. The normalized spacial score (nSPS) is 19.9. The van der Waals surface area contributed by atoms with Crippen molar-refractivity contribution in [3.8, 4) is 12.3 Å². The average Bonchev–Trinajstić information content (AvgIpc) is 2.31. The highest BCUT2D eigenvalue weighted by molar-refractivity contribution is 5.29. The zero-order valence-corrected chi connectivity index (χ0v) is 8.37. The molecule has 1 fully saturated rings. The van der Waals surface area contributed by atoms with Crippen molar-refractivity contribution in [3.05, 3.63) is 30.1 Å². The molecule has 0 bridgehead atoms. The van der Waals surface area contributed by atoms with E-state index in [4.69, 9.17) is 6.42 Å². The molecule has 0 unspecified atom stereocenters. The molecule has 1 aliphatic rings. The predicted octanol–water partition coefficient (Wildman–Crippen LogP) is 2.92. The first-order chi connectivity index (χ1) is 6.87. The quantitative estimate of drug-likeness (QED) is 0.613. The number of rotatable bonds is 1. The zero-order chi connectivity index (χ0) is 9.86. The summed E-state index contributed by atoms with van der Waals surface area (Å²) in [7, 11) is 0. The Hall–Kier alpha value is -1.29. The summed E-state index contributed by atoms with van der Waals surface area (Å²) in [5.41, 5.74) is 1.02. The molecule has 0 radical (unpaired) electrons. The molecule has 1 heterocycles. The van der Waals surface area contributed by atoms with Gasteiger partial charge in [-0.15, -0.1) is 6.42 Å². The van der Waals surface area contributed by atoms with Gasteiger partial charge in [0.2, 0.25) is 0 Å². The van der Waals surface area contributed by atoms with E-state index in [-0.39, 0.29) is 5.41 Å². The summed E-state index contributed by atoms with van der Waals surface area (Å²) in [6, 6.07) is 6.03. The summed E-state index contributed by atoms with van der Waals surface area (Å²) in [6.07, 6.45) is 13.5. The van der Waals surface area contributed by atoms with Crippen molar-refractivity contribution in [1.82, 2.24) is 4.98 Å². The van der Waals surface area contributed by atoms with Crippen molar-refractivity contribution in [2.75, 3.05) is 0 Å². The van der Waals surface area contributed by atoms with Gasteiger partial charge in [-0.1, -0.05) is 31.2 Å². The van der Waals surface area contributed by atoms with Crippen LogP contribution in [0.3, 0.4) is 0 Å². The first kappa shape index (κ1) is 9.27. The molecule has 1 nitrogen and oxygen atoms in total. The Balaban J connectivity index is 2.33. The largest absolute Gasteiger partial charge is 0.260 e. The lowest BCUT2D eigenvalue weighted by molar-refractivity contribution is 0.362. The highest BCUT2D eigenvalue weighted by Crippen LogP contribution is 2.37. The standard InChI is InChI=1S/C13H15N/c1-2-13(9-5-3-6-10-13)12-8-4-7-11-14-12/h1,4,7-8,11H,3,5-6,9-10H2. The van der Waals surface area contributed by atoms with Crippen LogP contribution in [0.15, 0.2) is 24.4 Å². The highest BCUT2D eigenvalue weighted by atomic mass is 14.7.